The second-order valence-corrected chi connectivity index (χ2v) is 6.31. The number of sulfone groups is 1. The molecule has 0 aliphatic heterocycles. The monoisotopic (exact) mass is 327 g/mol. The number of carbonyl (C=O) groups is 1. The summed E-state index contributed by atoms with van der Waals surface area (Å²) in [7, 11) is -3.35. The fraction of sp³-hybridized carbons (Fsp3) is 0.417. The third-order valence-electron chi connectivity index (χ3n) is 2.60. The van der Waals surface area contributed by atoms with Crippen LogP contribution in [0.25, 0.3) is 0 Å². The molecule has 0 spiro atoms. The fourth-order valence-corrected chi connectivity index (χ4v) is 2.33. The summed E-state index contributed by atoms with van der Waals surface area (Å²) in [6.45, 7) is -0.736. The van der Waals surface area contributed by atoms with E-state index in [4.69, 9.17) is 0 Å². The highest BCUT2D eigenvalue weighted by atomic mass is 32.2. The van der Waals surface area contributed by atoms with Crippen molar-refractivity contribution in [2.45, 2.75) is 17.9 Å². The molecule has 0 heterocycles. The van der Waals surface area contributed by atoms with Gasteiger partial charge in [-0.2, -0.15) is 8.78 Å². The molecule has 0 saturated carbocycles. The molecular weight excluding hydrogens is 314 g/mol. The van der Waals surface area contributed by atoms with E-state index in [1.165, 1.54) is 31.3 Å². The van der Waals surface area contributed by atoms with Gasteiger partial charge in [0.05, 0.1) is 12.3 Å². The van der Waals surface area contributed by atoms with Gasteiger partial charge in [0, 0.05) is 12.6 Å². The van der Waals surface area contributed by atoms with Gasteiger partial charge in [-0.05, 0) is 17.7 Å². The van der Waals surface area contributed by atoms with Crippen molar-refractivity contribution in [1.29, 1.82) is 0 Å². The molecule has 1 rings (SSSR count). The zero-order valence-electron chi connectivity index (χ0n) is 11.0. The number of amides is 1. The van der Waals surface area contributed by atoms with Crippen molar-refractivity contribution in [3.05, 3.63) is 35.4 Å². The molecule has 0 N–H and O–H groups in total. The molecular formula is C12H13F4NO3S. The molecule has 1 aromatic rings. The highest BCUT2D eigenvalue weighted by molar-refractivity contribution is 7.90. The van der Waals surface area contributed by atoms with Gasteiger partial charge in [-0.25, -0.2) is 17.2 Å². The van der Waals surface area contributed by atoms with Crippen LogP contribution in [0.5, 0.6) is 0 Å². The molecule has 1 amide bonds. The van der Waals surface area contributed by atoms with Crippen LogP contribution in [0, 0.1) is 0 Å². The van der Waals surface area contributed by atoms with Crippen molar-refractivity contribution < 1.29 is 30.8 Å². The molecule has 0 aliphatic rings. The zero-order chi connectivity index (χ0) is 16.2. The van der Waals surface area contributed by atoms with Crippen LogP contribution in [0.3, 0.4) is 0 Å². The minimum atomic E-state index is -4.54. The molecule has 0 atom stereocenters. The third-order valence-corrected chi connectivity index (χ3v) is 3.88. The Morgan fingerprint density at radius 3 is 2.10 bits per heavy atom. The van der Waals surface area contributed by atoms with Gasteiger partial charge in [0.2, 0.25) is 9.84 Å². The Morgan fingerprint density at radius 2 is 1.67 bits per heavy atom. The number of benzene rings is 1. The van der Waals surface area contributed by atoms with E-state index in [0.717, 1.165) is 4.90 Å². The second kappa shape index (κ2) is 6.88. The Morgan fingerprint density at radius 1 is 1.14 bits per heavy atom. The maximum absolute atomic E-state index is 12.2. The summed E-state index contributed by atoms with van der Waals surface area (Å²) in [6, 6.07) is 4.81. The summed E-state index contributed by atoms with van der Waals surface area (Å²) in [5.41, 5.74) is 0.153. The van der Waals surface area contributed by atoms with Crippen molar-refractivity contribution in [3.63, 3.8) is 0 Å². The van der Waals surface area contributed by atoms with Gasteiger partial charge in [-0.1, -0.05) is 12.1 Å². The van der Waals surface area contributed by atoms with Crippen LogP contribution in [0.15, 0.2) is 24.3 Å². The number of rotatable bonds is 6. The fourth-order valence-electron chi connectivity index (χ4n) is 1.55. The zero-order valence-corrected chi connectivity index (χ0v) is 11.8. The lowest BCUT2D eigenvalue weighted by Gasteiger charge is -2.16. The van der Waals surface area contributed by atoms with Gasteiger partial charge >= 0.3 is 5.76 Å². The molecule has 0 aliphatic carbocycles. The largest absolute Gasteiger partial charge is 0.337 e. The summed E-state index contributed by atoms with van der Waals surface area (Å²) < 4.78 is 70.8. The summed E-state index contributed by atoms with van der Waals surface area (Å²) in [6.07, 6.45) is -2.67. The van der Waals surface area contributed by atoms with Crippen molar-refractivity contribution in [2.24, 2.45) is 0 Å². The highest BCUT2D eigenvalue weighted by Crippen LogP contribution is 2.15. The quantitative estimate of drug-likeness (QED) is 0.753. The first-order chi connectivity index (χ1) is 9.63. The highest BCUT2D eigenvalue weighted by Gasteiger charge is 2.24. The molecule has 9 heteroatoms. The van der Waals surface area contributed by atoms with E-state index in [1.54, 1.807) is 0 Å². The second-order valence-electron chi connectivity index (χ2n) is 4.34. The van der Waals surface area contributed by atoms with Crippen molar-refractivity contribution in [2.75, 3.05) is 13.6 Å². The average molecular weight is 327 g/mol. The Hall–Kier alpha value is -1.64. The Kier molecular flexibility index (Phi) is 5.70. The van der Waals surface area contributed by atoms with Crippen LogP contribution in [0.2, 0.25) is 0 Å². The molecule has 21 heavy (non-hydrogen) atoms. The van der Waals surface area contributed by atoms with Crippen LogP contribution >= 0.6 is 0 Å². The molecule has 0 radical (unpaired) electrons. The lowest BCUT2D eigenvalue weighted by molar-refractivity contribution is 0.0620. The van der Waals surface area contributed by atoms with E-state index in [0.29, 0.717) is 0 Å². The normalized spacial score (nSPS) is 12.0. The maximum atomic E-state index is 12.2. The molecule has 118 valence electrons. The first kappa shape index (κ1) is 17.4. The van der Waals surface area contributed by atoms with E-state index < -0.39 is 40.2 Å². The number of alkyl halides is 4. The van der Waals surface area contributed by atoms with Crippen LogP contribution < -0.4 is 0 Å². The average Bonchev–Trinajstić information content (AvgIpc) is 2.37. The summed E-state index contributed by atoms with van der Waals surface area (Å²) in [5, 5.41) is 0. The van der Waals surface area contributed by atoms with Gasteiger partial charge in [-0.15, -0.1) is 0 Å². The Balaban J connectivity index is 2.81. The van der Waals surface area contributed by atoms with Crippen molar-refractivity contribution in [1.82, 2.24) is 4.90 Å². The molecule has 0 bridgehead atoms. The van der Waals surface area contributed by atoms with E-state index in [1.807, 2.05) is 0 Å². The molecule has 0 aromatic heterocycles. The number of hydrogen-bond donors (Lipinski definition) is 0. The number of nitrogens with zero attached hydrogens (tertiary/aromatic N) is 1. The molecule has 1 aromatic carbocycles. The summed E-state index contributed by atoms with van der Waals surface area (Å²) >= 11 is 0. The van der Waals surface area contributed by atoms with Gasteiger partial charge < -0.3 is 4.90 Å². The minimum absolute atomic E-state index is 0.0661. The van der Waals surface area contributed by atoms with Crippen molar-refractivity contribution >= 4 is 15.7 Å². The first-order valence-electron chi connectivity index (χ1n) is 5.75. The van der Waals surface area contributed by atoms with Crippen LogP contribution in [-0.2, 0) is 15.6 Å². The van der Waals surface area contributed by atoms with Crippen LogP contribution in [0.4, 0.5) is 17.6 Å². The summed E-state index contributed by atoms with van der Waals surface area (Å²) in [5.74, 6) is -5.00. The van der Waals surface area contributed by atoms with E-state index in [-0.39, 0.29) is 11.1 Å². The van der Waals surface area contributed by atoms with Gasteiger partial charge in [0.1, 0.15) is 0 Å². The lowest BCUT2D eigenvalue weighted by atomic mass is 10.1. The topological polar surface area (TPSA) is 54.5 Å². The predicted molar refractivity (Wildman–Crippen MR) is 68.0 cm³/mol. The molecule has 4 nitrogen and oxygen atoms in total. The third kappa shape index (κ3) is 5.00. The standard InChI is InChI=1S/C12H13F4NO3S/c1-17(6-10(13)14)11(18)9-4-2-8(3-5-9)7-21(19,20)12(15)16/h2-5,10,12H,6-7H2,1H3. The number of carbonyl (C=O) groups excluding carboxylic acids is 1. The van der Waals surface area contributed by atoms with E-state index >= 15 is 0 Å². The van der Waals surface area contributed by atoms with Gasteiger partial charge in [0.25, 0.3) is 12.3 Å². The van der Waals surface area contributed by atoms with Crippen molar-refractivity contribution in [3.8, 4) is 0 Å². The van der Waals surface area contributed by atoms with Crippen LogP contribution in [0.1, 0.15) is 15.9 Å². The van der Waals surface area contributed by atoms with Gasteiger partial charge in [0.15, 0.2) is 0 Å². The van der Waals surface area contributed by atoms with Gasteiger partial charge in [-0.3, -0.25) is 4.79 Å². The number of hydrogen-bond acceptors (Lipinski definition) is 3. The SMILES string of the molecule is CN(CC(F)F)C(=O)c1ccc(CS(=O)(=O)C(F)F)cc1. The van der Waals surface area contributed by atoms with E-state index in [9.17, 15) is 30.8 Å². The minimum Gasteiger partial charge on any atom is -0.336 e. The number of halogens is 4. The lowest BCUT2D eigenvalue weighted by Crippen LogP contribution is -2.31. The first-order valence-corrected chi connectivity index (χ1v) is 7.47. The molecule has 0 fully saturated rings. The molecule has 0 saturated heterocycles. The Bertz CT molecular complexity index is 587. The Labute approximate surface area is 119 Å². The summed E-state index contributed by atoms with van der Waals surface area (Å²) in [4.78, 5) is 12.6. The maximum Gasteiger partial charge on any atom is 0.337 e. The van der Waals surface area contributed by atoms with Crippen LogP contribution in [-0.4, -0.2) is 45.0 Å². The predicted octanol–water partition coefficient (Wildman–Crippen LogP) is 2.16. The molecule has 0 unspecified atom stereocenters. The smallest absolute Gasteiger partial charge is 0.336 e. The van der Waals surface area contributed by atoms with E-state index in [2.05, 4.69) is 0 Å².